The lowest BCUT2D eigenvalue weighted by Crippen LogP contribution is -2.63. The average Bonchev–Trinajstić information content (AvgIpc) is 3.48. The molecular formula is C45H56N2O6. The topological polar surface area (TPSA) is 140 Å². The van der Waals surface area contributed by atoms with Gasteiger partial charge in [-0.3, -0.25) is 14.6 Å². The molecule has 282 valence electrons. The number of carboxylic acid groups (broad SMARTS) is 1. The quantitative estimate of drug-likeness (QED) is 0.119. The highest BCUT2D eigenvalue weighted by Gasteiger charge is 2.66. The third-order valence-corrected chi connectivity index (χ3v) is 14.7. The summed E-state index contributed by atoms with van der Waals surface area (Å²) in [6.07, 6.45) is 4.73. The minimum atomic E-state index is -1.17. The maximum absolute atomic E-state index is 12.6. The second-order valence-corrected chi connectivity index (χ2v) is 17.6. The maximum Gasteiger partial charge on any atom is 0.303 e. The summed E-state index contributed by atoms with van der Waals surface area (Å²) >= 11 is 0. The first kappa shape index (κ1) is 37.5. The number of hydrogen-bond donors (Lipinski definition) is 5. The van der Waals surface area contributed by atoms with Gasteiger partial charge in [0.05, 0.1) is 34.7 Å². The van der Waals surface area contributed by atoms with Crippen molar-refractivity contribution in [2.75, 3.05) is 5.32 Å². The van der Waals surface area contributed by atoms with Crippen LogP contribution >= 0.6 is 0 Å². The van der Waals surface area contributed by atoms with Crippen molar-refractivity contribution >= 4 is 28.3 Å². The summed E-state index contributed by atoms with van der Waals surface area (Å²) in [5.74, 6) is 6.68. The third-order valence-electron chi connectivity index (χ3n) is 14.7. The fraction of sp³-hybridized carbons (Fsp3) is 0.578. The number of pyridine rings is 1. The number of aryl methyl sites for hydroxylation is 1. The van der Waals surface area contributed by atoms with Crippen molar-refractivity contribution in [1.82, 2.24) is 4.98 Å². The molecule has 1 aromatic heterocycles. The predicted octanol–water partition coefficient (Wildman–Crippen LogP) is 7.54. The highest BCUT2D eigenvalue weighted by Crippen LogP contribution is 2.69. The fourth-order valence-corrected chi connectivity index (χ4v) is 11.9. The molecule has 0 saturated heterocycles. The van der Waals surface area contributed by atoms with Crippen molar-refractivity contribution in [2.45, 2.75) is 117 Å². The van der Waals surface area contributed by atoms with Crippen LogP contribution in [0.15, 0.2) is 48.5 Å². The zero-order valence-electron chi connectivity index (χ0n) is 31.9. The summed E-state index contributed by atoms with van der Waals surface area (Å²) in [6.45, 7) is 10.6. The van der Waals surface area contributed by atoms with Gasteiger partial charge in [-0.25, -0.2) is 0 Å². The van der Waals surface area contributed by atoms with E-state index in [1.807, 2.05) is 55.5 Å². The lowest BCUT2D eigenvalue weighted by atomic mass is 9.42. The Morgan fingerprint density at radius 3 is 2.57 bits per heavy atom. The van der Waals surface area contributed by atoms with E-state index in [0.29, 0.717) is 49.9 Å². The van der Waals surface area contributed by atoms with Crippen molar-refractivity contribution in [3.05, 3.63) is 70.9 Å². The number of aliphatic carboxylic acids is 1. The molecule has 4 aliphatic carbocycles. The van der Waals surface area contributed by atoms with Crippen LogP contribution in [0, 0.1) is 65.1 Å². The van der Waals surface area contributed by atoms with Gasteiger partial charge >= 0.3 is 5.97 Å². The minimum Gasteiger partial charge on any atom is -0.481 e. The first-order valence-corrected chi connectivity index (χ1v) is 19.7. The first-order valence-electron chi connectivity index (χ1n) is 19.7. The first-order chi connectivity index (χ1) is 25.1. The highest BCUT2D eigenvalue weighted by molar-refractivity contribution is 6.08. The zero-order valence-corrected chi connectivity index (χ0v) is 31.9. The fourth-order valence-electron chi connectivity index (χ4n) is 11.9. The second kappa shape index (κ2) is 14.1. The molecular weight excluding hydrogens is 665 g/mol. The van der Waals surface area contributed by atoms with E-state index in [-0.39, 0.29) is 58.5 Å². The lowest BCUT2D eigenvalue weighted by Gasteiger charge is -2.64. The number of para-hydroxylation sites is 1. The van der Waals surface area contributed by atoms with E-state index < -0.39 is 23.8 Å². The van der Waals surface area contributed by atoms with Crippen LogP contribution in [0.25, 0.3) is 10.9 Å². The summed E-state index contributed by atoms with van der Waals surface area (Å²) in [7, 11) is 0. The average molecular weight is 721 g/mol. The number of anilines is 1. The van der Waals surface area contributed by atoms with Crippen molar-refractivity contribution in [2.24, 2.45) is 46.3 Å². The third kappa shape index (κ3) is 6.68. The SMILES string of the molecule is CC(=O)c1c(C)nc2ccccc2c1NCc1cccc(C#C[C@@]2(O)CC[C@@]3(C)C(CC(O)C4C3CC(O)[C@@]3(C)C4CC[C@@H]3[C@H](C)CCC(=O)O)C2)c1. The molecule has 3 aromatic rings. The number of aromatic nitrogens is 1. The van der Waals surface area contributed by atoms with Crippen molar-refractivity contribution < 1.29 is 30.0 Å². The molecule has 11 atom stereocenters. The van der Waals surface area contributed by atoms with Crippen LogP contribution in [0.2, 0.25) is 0 Å². The number of hydrogen-bond acceptors (Lipinski definition) is 7. The zero-order chi connectivity index (χ0) is 37.9. The van der Waals surface area contributed by atoms with E-state index >= 15 is 0 Å². The van der Waals surface area contributed by atoms with Gasteiger partial charge in [0.15, 0.2) is 5.78 Å². The molecule has 7 rings (SSSR count). The second-order valence-electron chi connectivity index (χ2n) is 17.6. The van der Waals surface area contributed by atoms with Crippen molar-refractivity contribution in [3.8, 4) is 11.8 Å². The molecule has 4 saturated carbocycles. The molecule has 0 radical (unpaired) electrons. The van der Waals surface area contributed by atoms with Gasteiger partial charge in [0.2, 0.25) is 0 Å². The molecule has 2 aromatic carbocycles. The Kier molecular flexibility index (Phi) is 10.0. The van der Waals surface area contributed by atoms with Gasteiger partial charge in [0.1, 0.15) is 5.60 Å². The molecule has 6 unspecified atom stereocenters. The summed E-state index contributed by atoms with van der Waals surface area (Å²) in [6, 6.07) is 15.8. The summed E-state index contributed by atoms with van der Waals surface area (Å²) < 4.78 is 0. The van der Waals surface area contributed by atoms with Crippen LogP contribution in [-0.4, -0.2) is 55.0 Å². The van der Waals surface area contributed by atoms with Crippen LogP contribution in [0.5, 0.6) is 0 Å². The van der Waals surface area contributed by atoms with Crippen LogP contribution in [0.4, 0.5) is 5.69 Å². The van der Waals surface area contributed by atoms with Crippen molar-refractivity contribution in [1.29, 1.82) is 0 Å². The number of nitrogens with zero attached hydrogens (tertiary/aromatic N) is 1. The number of nitrogens with one attached hydrogen (secondary N) is 1. The van der Waals surface area contributed by atoms with E-state index in [9.17, 15) is 30.0 Å². The number of rotatable bonds is 8. The molecule has 0 amide bonds. The van der Waals surface area contributed by atoms with Gasteiger partial charge in [0, 0.05) is 23.9 Å². The van der Waals surface area contributed by atoms with Crippen molar-refractivity contribution in [3.63, 3.8) is 0 Å². The van der Waals surface area contributed by atoms with Crippen LogP contribution < -0.4 is 5.32 Å². The van der Waals surface area contributed by atoms with E-state index in [4.69, 9.17) is 0 Å². The van der Waals surface area contributed by atoms with E-state index in [0.717, 1.165) is 47.0 Å². The molecule has 4 aliphatic rings. The Labute approximate surface area is 313 Å². The molecule has 8 nitrogen and oxygen atoms in total. The number of Topliss-reactive ketones (excluding diaryl/α,β-unsaturated/α-hetero) is 1. The van der Waals surface area contributed by atoms with Gasteiger partial charge in [0.25, 0.3) is 0 Å². The monoisotopic (exact) mass is 720 g/mol. The van der Waals surface area contributed by atoms with E-state index in [2.05, 4.69) is 42.9 Å². The molecule has 0 bridgehead atoms. The van der Waals surface area contributed by atoms with Crippen LogP contribution in [-0.2, 0) is 11.3 Å². The van der Waals surface area contributed by atoms with Crippen LogP contribution in [0.3, 0.4) is 0 Å². The molecule has 8 heteroatoms. The minimum absolute atomic E-state index is 0.0365. The highest BCUT2D eigenvalue weighted by atomic mass is 16.4. The standard InChI is InChI=1S/C45H56N2O6/c1-26(13-16-39(51)52)33-14-15-34-41-35(23-38(50)44(33,34)5)43(4)19-20-45(53,24-31(43)22-37(41)49)18-17-29-9-8-10-30(21-29)25-46-42-32-11-6-7-12-36(32)47-27(2)40(42)28(3)48/h6-12,21,26,31,33-35,37-38,41,49-50,53H,13-16,19-20,22-25H2,1-5H3,(H,46,47)(H,51,52)/t26-,31?,33-,34?,35?,37?,38?,41?,43+,44-,45-/m1/s1. The Balaban J connectivity index is 1.06. The molecule has 5 N–H and O–H groups in total. The Bertz CT molecular complexity index is 1970. The molecule has 0 aliphatic heterocycles. The number of ketones is 1. The van der Waals surface area contributed by atoms with E-state index in [1.165, 1.54) is 0 Å². The Morgan fingerprint density at radius 1 is 1.04 bits per heavy atom. The molecule has 53 heavy (non-hydrogen) atoms. The van der Waals surface area contributed by atoms with Gasteiger partial charge in [-0.15, -0.1) is 0 Å². The van der Waals surface area contributed by atoms with E-state index in [1.54, 1.807) is 6.92 Å². The van der Waals surface area contributed by atoms with Gasteiger partial charge in [-0.1, -0.05) is 62.9 Å². The van der Waals surface area contributed by atoms with Crippen LogP contribution in [0.1, 0.15) is 113 Å². The number of fused-ring (bicyclic) bond motifs is 6. The number of aliphatic hydroxyl groups excluding tert-OH is 2. The number of aliphatic hydroxyl groups is 3. The summed E-state index contributed by atoms with van der Waals surface area (Å²) in [5.41, 5.74) is 3.08. The smallest absolute Gasteiger partial charge is 0.303 e. The number of carbonyl (C=O) groups excluding carboxylic acids is 1. The van der Waals surface area contributed by atoms with Gasteiger partial charge in [-0.05, 0) is 135 Å². The predicted molar refractivity (Wildman–Crippen MR) is 206 cm³/mol. The number of carbonyl (C=O) groups is 2. The van der Waals surface area contributed by atoms with Gasteiger partial charge < -0.3 is 25.7 Å². The molecule has 1 heterocycles. The Morgan fingerprint density at radius 2 is 1.81 bits per heavy atom. The summed E-state index contributed by atoms with van der Waals surface area (Å²) in [5, 5.41) is 49.4. The Hall–Kier alpha value is -3.77. The normalized spacial score (nSPS) is 35.3. The lowest BCUT2D eigenvalue weighted by molar-refractivity contribution is -0.211. The largest absolute Gasteiger partial charge is 0.481 e. The number of carboxylic acids is 1. The maximum atomic E-state index is 12.6. The van der Waals surface area contributed by atoms with Gasteiger partial charge in [-0.2, -0.15) is 0 Å². The molecule has 0 spiro atoms. The number of benzene rings is 2. The summed E-state index contributed by atoms with van der Waals surface area (Å²) in [4.78, 5) is 28.6. The molecule has 4 fully saturated rings.